The molecule has 0 spiro atoms. The number of hydrogen-bond donors (Lipinski definition) is 2. The number of piperidine rings is 1. The molecule has 2 aliphatic heterocycles. The van der Waals surface area contributed by atoms with E-state index in [1.165, 1.54) is 16.8 Å². The monoisotopic (exact) mass is 344 g/mol. The smallest absolute Gasteiger partial charge is 0.0991 e. The zero-order chi connectivity index (χ0) is 17.9. The lowest BCUT2D eigenvalue weighted by Crippen LogP contribution is -2.35. The minimum atomic E-state index is 0.511. The molecule has 2 aromatic rings. The minimum absolute atomic E-state index is 0.511. The second-order valence-electron chi connectivity index (χ2n) is 7.18. The molecule has 0 atom stereocenters. The van der Waals surface area contributed by atoms with Crippen LogP contribution in [0.3, 0.4) is 0 Å². The Labute approximate surface area is 155 Å². The first kappa shape index (κ1) is 16.7. The summed E-state index contributed by atoms with van der Waals surface area (Å²) in [5.41, 5.74) is 6.79. The Hall–Kier alpha value is -2.77. The van der Waals surface area contributed by atoms with Crippen molar-refractivity contribution in [1.29, 1.82) is 5.26 Å². The van der Waals surface area contributed by atoms with Crippen LogP contribution in [0.4, 0.5) is 5.69 Å². The first-order chi connectivity index (χ1) is 12.7. The Morgan fingerprint density at radius 3 is 2.81 bits per heavy atom. The van der Waals surface area contributed by atoms with E-state index in [1.54, 1.807) is 0 Å². The molecule has 4 rings (SSSR count). The summed E-state index contributed by atoms with van der Waals surface area (Å²) in [7, 11) is 2.11. The summed E-state index contributed by atoms with van der Waals surface area (Å²) in [6, 6.07) is 15.1. The Morgan fingerprint density at radius 1 is 1.15 bits per heavy atom. The molecule has 132 valence electrons. The molecular formula is C22H24N4. The highest BCUT2D eigenvalue weighted by molar-refractivity contribution is 5.77. The van der Waals surface area contributed by atoms with Gasteiger partial charge in [-0.25, -0.2) is 0 Å². The molecule has 0 unspecified atom stereocenters. The van der Waals surface area contributed by atoms with E-state index in [0.29, 0.717) is 11.6 Å². The minimum Gasteiger partial charge on any atom is -0.382 e. The van der Waals surface area contributed by atoms with Gasteiger partial charge in [0.25, 0.3) is 0 Å². The van der Waals surface area contributed by atoms with Crippen LogP contribution >= 0.6 is 0 Å². The van der Waals surface area contributed by atoms with Gasteiger partial charge in [-0.05, 0) is 79.2 Å². The first-order valence-electron chi connectivity index (χ1n) is 9.26. The molecule has 0 aliphatic carbocycles. The Balaban J connectivity index is 1.75. The van der Waals surface area contributed by atoms with Crippen LogP contribution in [0.15, 0.2) is 42.6 Å². The van der Waals surface area contributed by atoms with E-state index in [2.05, 4.69) is 59.1 Å². The van der Waals surface area contributed by atoms with Crippen LogP contribution in [-0.4, -0.2) is 31.1 Å². The summed E-state index contributed by atoms with van der Waals surface area (Å²) in [6.45, 7) is 3.06. The summed E-state index contributed by atoms with van der Waals surface area (Å²) in [5, 5.41) is 16.4. The van der Waals surface area contributed by atoms with Crippen molar-refractivity contribution in [3.8, 4) is 17.2 Å². The van der Waals surface area contributed by atoms with Crippen LogP contribution in [0.1, 0.15) is 29.5 Å². The lowest BCUT2D eigenvalue weighted by Gasteiger charge is -2.29. The molecule has 1 fully saturated rings. The summed E-state index contributed by atoms with van der Waals surface area (Å²) in [4.78, 5) is 2.21. The number of anilines is 1. The zero-order valence-corrected chi connectivity index (χ0v) is 15.1. The van der Waals surface area contributed by atoms with Crippen LogP contribution in [-0.2, 0) is 6.54 Å². The van der Waals surface area contributed by atoms with Crippen molar-refractivity contribution in [3.63, 3.8) is 0 Å². The summed E-state index contributed by atoms with van der Waals surface area (Å²) in [5.74, 6) is 0. The molecule has 4 nitrogen and oxygen atoms in total. The Kier molecular flexibility index (Phi) is 4.64. The quantitative estimate of drug-likeness (QED) is 0.889. The summed E-state index contributed by atoms with van der Waals surface area (Å²) >= 11 is 0. The molecule has 4 heteroatoms. The van der Waals surface area contributed by atoms with Gasteiger partial charge in [-0.15, -0.1) is 0 Å². The lowest BCUT2D eigenvalue weighted by atomic mass is 9.94. The van der Waals surface area contributed by atoms with Crippen LogP contribution in [0.2, 0.25) is 0 Å². The fourth-order valence-corrected chi connectivity index (χ4v) is 3.78. The highest BCUT2D eigenvalue weighted by Crippen LogP contribution is 2.34. The largest absolute Gasteiger partial charge is 0.382 e. The average molecular weight is 344 g/mol. The van der Waals surface area contributed by atoms with Crippen LogP contribution < -0.4 is 10.6 Å². The number of benzene rings is 2. The highest BCUT2D eigenvalue weighted by atomic mass is 15.1. The fourth-order valence-electron chi connectivity index (χ4n) is 3.78. The third-order valence-electron chi connectivity index (χ3n) is 5.22. The van der Waals surface area contributed by atoms with Crippen molar-refractivity contribution in [2.75, 3.05) is 25.5 Å². The van der Waals surface area contributed by atoms with Gasteiger partial charge in [-0.3, -0.25) is 0 Å². The maximum Gasteiger partial charge on any atom is 0.0991 e. The number of nitrogens with zero attached hydrogens (tertiary/aromatic N) is 2. The molecule has 0 bridgehead atoms. The fraction of sp³-hybridized carbons (Fsp3) is 0.318. The van der Waals surface area contributed by atoms with E-state index in [0.717, 1.165) is 43.6 Å². The second kappa shape index (κ2) is 7.23. The third-order valence-corrected chi connectivity index (χ3v) is 5.22. The molecule has 26 heavy (non-hydrogen) atoms. The van der Waals surface area contributed by atoms with Crippen molar-refractivity contribution >= 4 is 11.8 Å². The maximum absolute atomic E-state index is 9.22. The molecule has 2 N–H and O–H groups in total. The number of nitriles is 1. The molecule has 0 aromatic heterocycles. The molecule has 2 heterocycles. The number of rotatable bonds is 3. The van der Waals surface area contributed by atoms with Gasteiger partial charge in [0.05, 0.1) is 11.6 Å². The van der Waals surface area contributed by atoms with Gasteiger partial charge in [0, 0.05) is 30.9 Å². The van der Waals surface area contributed by atoms with Gasteiger partial charge in [0.1, 0.15) is 0 Å². The zero-order valence-electron chi connectivity index (χ0n) is 15.1. The van der Waals surface area contributed by atoms with Gasteiger partial charge in [0.15, 0.2) is 0 Å². The van der Waals surface area contributed by atoms with Crippen molar-refractivity contribution in [2.45, 2.75) is 25.4 Å². The first-order valence-corrected chi connectivity index (χ1v) is 9.26. The molecule has 0 radical (unpaired) electrons. The van der Waals surface area contributed by atoms with E-state index >= 15 is 0 Å². The number of hydrogen-bond acceptors (Lipinski definition) is 4. The van der Waals surface area contributed by atoms with E-state index in [9.17, 15) is 5.26 Å². The Morgan fingerprint density at radius 2 is 2.00 bits per heavy atom. The van der Waals surface area contributed by atoms with Crippen molar-refractivity contribution in [2.24, 2.45) is 0 Å². The average Bonchev–Trinajstić information content (AvgIpc) is 2.69. The molecule has 0 amide bonds. The van der Waals surface area contributed by atoms with Crippen molar-refractivity contribution < 1.29 is 0 Å². The summed E-state index contributed by atoms with van der Waals surface area (Å²) in [6.07, 6.45) is 6.61. The lowest BCUT2D eigenvalue weighted by molar-refractivity contribution is 0.446. The van der Waals surface area contributed by atoms with Crippen LogP contribution in [0, 0.1) is 11.3 Å². The van der Waals surface area contributed by atoms with Gasteiger partial charge < -0.3 is 15.5 Å². The van der Waals surface area contributed by atoms with E-state index < -0.39 is 0 Å². The SMILES string of the molecule is CN1C=Cc2cc(-c3cccc(C#N)c3)cc(NC3CCNCC3)c2C1. The molecule has 2 aromatic carbocycles. The third kappa shape index (κ3) is 3.44. The highest BCUT2D eigenvalue weighted by Gasteiger charge is 2.19. The van der Waals surface area contributed by atoms with Crippen molar-refractivity contribution in [3.05, 3.63) is 59.3 Å². The standard InChI is InChI=1S/C22H24N4/c1-26-10-7-18-12-19(17-4-2-3-16(11-17)14-23)13-22(21(18)15-26)25-20-5-8-24-9-6-20/h2-4,7,10-13,20,24-25H,5-6,8-9,15H2,1H3. The maximum atomic E-state index is 9.22. The molecular weight excluding hydrogens is 320 g/mol. The van der Waals surface area contributed by atoms with Crippen LogP contribution in [0.25, 0.3) is 17.2 Å². The second-order valence-corrected chi connectivity index (χ2v) is 7.18. The van der Waals surface area contributed by atoms with Crippen molar-refractivity contribution in [1.82, 2.24) is 10.2 Å². The van der Waals surface area contributed by atoms with E-state index in [4.69, 9.17) is 0 Å². The molecule has 0 saturated carbocycles. The molecule has 1 saturated heterocycles. The van der Waals surface area contributed by atoms with E-state index in [-0.39, 0.29) is 0 Å². The number of fused-ring (bicyclic) bond motifs is 1. The van der Waals surface area contributed by atoms with Gasteiger partial charge in [-0.1, -0.05) is 12.1 Å². The summed E-state index contributed by atoms with van der Waals surface area (Å²) < 4.78 is 0. The number of nitrogens with one attached hydrogen (secondary N) is 2. The molecule has 2 aliphatic rings. The van der Waals surface area contributed by atoms with Gasteiger partial charge >= 0.3 is 0 Å². The predicted octanol–water partition coefficient (Wildman–Crippen LogP) is 3.81. The van der Waals surface area contributed by atoms with E-state index in [1.807, 2.05) is 18.2 Å². The topological polar surface area (TPSA) is 51.1 Å². The van der Waals surface area contributed by atoms with Gasteiger partial charge in [-0.2, -0.15) is 5.26 Å². The van der Waals surface area contributed by atoms with Crippen LogP contribution in [0.5, 0.6) is 0 Å². The Bertz CT molecular complexity index is 872. The van der Waals surface area contributed by atoms with Gasteiger partial charge in [0.2, 0.25) is 0 Å². The normalized spacial score (nSPS) is 16.8. The predicted molar refractivity (Wildman–Crippen MR) is 107 cm³/mol.